The number of piperidine rings is 1. The molecule has 0 unspecified atom stereocenters. The van der Waals surface area contributed by atoms with Gasteiger partial charge in [-0.3, -0.25) is 4.98 Å². The molecule has 1 aromatic rings. The number of hydrogen-bond donors (Lipinski definition) is 2. The topological polar surface area (TPSA) is 74.7 Å². The van der Waals surface area contributed by atoms with E-state index in [2.05, 4.69) is 35.8 Å². The molecular weight excluding hydrogens is 252 g/mol. The average Bonchev–Trinajstić information content (AvgIpc) is 2.45. The lowest BCUT2D eigenvalue weighted by molar-refractivity contribution is 0.199. The van der Waals surface area contributed by atoms with Crippen LogP contribution in [0.1, 0.15) is 39.2 Å². The Labute approximate surface area is 120 Å². The number of anilines is 1. The van der Waals surface area contributed by atoms with Crippen LogP contribution in [0.15, 0.2) is 23.6 Å². The predicted molar refractivity (Wildman–Crippen MR) is 81.1 cm³/mol. The molecule has 1 aliphatic rings. The first-order valence-corrected chi connectivity index (χ1v) is 7.10. The van der Waals surface area contributed by atoms with E-state index in [-0.39, 0.29) is 5.84 Å². The van der Waals surface area contributed by atoms with Crippen molar-refractivity contribution in [2.75, 3.05) is 18.0 Å². The smallest absolute Gasteiger partial charge is 0.172 e. The second-order valence-corrected chi connectivity index (χ2v) is 6.51. The average molecular weight is 276 g/mol. The van der Waals surface area contributed by atoms with Gasteiger partial charge in [-0.1, -0.05) is 25.9 Å². The van der Waals surface area contributed by atoms with Crippen LogP contribution in [-0.2, 0) is 0 Å². The fourth-order valence-corrected chi connectivity index (χ4v) is 2.90. The Morgan fingerprint density at radius 1 is 1.40 bits per heavy atom. The standard InChI is InChI=1S/C15H24N4O/c1-15(2,3)11-5-8-19(9-6-11)13-10-17-7-4-12(13)14(16)18-20/h4,7,10-11,20H,5-6,8-9H2,1-3H3,(H2,16,18). The molecule has 0 spiro atoms. The number of rotatable bonds is 2. The highest BCUT2D eigenvalue weighted by Crippen LogP contribution is 2.35. The number of pyridine rings is 1. The predicted octanol–water partition coefficient (Wildman–Crippen LogP) is 2.44. The molecule has 0 aliphatic carbocycles. The zero-order chi connectivity index (χ0) is 14.8. The van der Waals surface area contributed by atoms with Gasteiger partial charge in [0.15, 0.2) is 5.84 Å². The molecule has 1 saturated heterocycles. The maximum atomic E-state index is 8.88. The Morgan fingerprint density at radius 3 is 2.60 bits per heavy atom. The summed E-state index contributed by atoms with van der Waals surface area (Å²) in [6, 6.07) is 1.79. The summed E-state index contributed by atoms with van der Waals surface area (Å²) in [5.74, 6) is 0.878. The number of oxime groups is 1. The van der Waals surface area contributed by atoms with Gasteiger partial charge in [0.1, 0.15) is 0 Å². The largest absolute Gasteiger partial charge is 0.409 e. The molecule has 2 heterocycles. The highest BCUT2D eigenvalue weighted by molar-refractivity contribution is 6.02. The highest BCUT2D eigenvalue weighted by atomic mass is 16.4. The van der Waals surface area contributed by atoms with Gasteiger partial charge >= 0.3 is 0 Å². The summed E-state index contributed by atoms with van der Waals surface area (Å²) < 4.78 is 0. The van der Waals surface area contributed by atoms with Crippen molar-refractivity contribution in [3.63, 3.8) is 0 Å². The van der Waals surface area contributed by atoms with Crippen LogP contribution in [0.2, 0.25) is 0 Å². The monoisotopic (exact) mass is 276 g/mol. The van der Waals surface area contributed by atoms with Crippen LogP contribution in [0.5, 0.6) is 0 Å². The molecule has 0 aromatic carbocycles. The van der Waals surface area contributed by atoms with Crippen LogP contribution in [0.25, 0.3) is 0 Å². The van der Waals surface area contributed by atoms with Crippen molar-refractivity contribution < 1.29 is 5.21 Å². The van der Waals surface area contributed by atoms with Crippen molar-refractivity contribution in [1.29, 1.82) is 0 Å². The van der Waals surface area contributed by atoms with Crippen molar-refractivity contribution in [3.8, 4) is 0 Å². The SMILES string of the molecule is CC(C)(C)C1CCN(c2cnccc2/C(N)=N/O)CC1. The summed E-state index contributed by atoms with van der Waals surface area (Å²) in [6.45, 7) is 8.89. The van der Waals surface area contributed by atoms with Crippen LogP contribution >= 0.6 is 0 Å². The molecule has 0 atom stereocenters. The number of amidine groups is 1. The van der Waals surface area contributed by atoms with Gasteiger partial charge in [-0.25, -0.2) is 0 Å². The lowest BCUT2D eigenvalue weighted by Gasteiger charge is -2.40. The Bertz CT molecular complexity index is 485. The maximum absolute atomic E-state index is 8.88. The number of hydrogen-bond acceptors (Lipinski definition) is 4. The van der Waals surface area contributed by atoms with Gasteiger partial charge in [-0.15, -0.1) is 0 Å². The van der Waals surface area contributed by atoms with Crippen molar-refractivity contribution in [3.05, 3.63) is 24.0 Å². The molecule has 0 bridgehead atoms. The summed E-state index contributed by atoms with van der Waals surface area (Å²) in [6.07, 6.45) is 5.78. The first-order valence-electron chi connectivity index (χ1n) is 7.10. The van der Waals surface area contributed by atoms with Crippen molar-refractivity contribution in [1.82, 2.24) is 4.98 Å². The van der Waals surface area contributed by atoms with E-state index < -0.39 is 0 Å². The Kier molecular flexibility index (Phi) is 4.16. The van der Waals surface area contributed by atoms with Gasteiger partial charge < -0.3 is 15.8 Å². The molecule has 0 amide bonds. The number of aromatic nitrogens is 1. The van der Waals surface area contributed by atoms with Gasteiger partial charge in [0.2, 0.25) is 0 Å². The lowest BCUT2D eigenvalue weighted by atomic mass is 9.75. The Morgan fingerprint density at radius 2 is 2.05 bits per heavy atom. The van der Waals surface area contributed by atoms with E-state index >= 15 is 0 Å². The quantitative estimate of drug-likeness (QED) is 0.376. The van der Waals surface area contributed by atoms with Crippen molar-refractivity contribution in [2.24, 2.45) is 22.2 Å². The second-order valence-electron chi connectivity index (χ2n) is 6.51. The third-order valence-electron chi connectivity index (χ3n) is 4.24. The molecule has 20 heavy (non-hydrogen) atoms. The first-order chi connectivity index (χ1) is 9.43. The molecular formula is C15H24N4O. The summed E-state index contributed by atoms with van der Waals surface area (Å²) in [4.78, 5) is 6.45. The molecule has 0 saturated carbocycles. The van der Waals surface area contributed by atoms with Gasteiger partial charge in [0.05, 0.1) is 11.9 Å². The van der Waals surface area contributed by atoms with E-state index in [1.54, 1.807) is 18.5 Å². The molecule has 110 valence electrons. The lowest BCUT2D eigenvalue weighted by Crippen LogP contribution is -2.39. The van der Waals surface area contributed by atoms with Crippen LogP contribution in [0.4, 0.5) is 5.69 Å². The summed E-state index contributed by atoms with van der Waals surface area (Å²) >= 11 is 0. The summed E-state index contributed by atoms with van der Waals surface area (Å²) in [5.41, 5.74) is 7.80. The second kappa shape index (κ2) is 5.69. The molecule has 1 aliphatic heterocycles. The van der Waals surface area contributed by atoms with Gasteiger partial charge in [0, 0.05) is 24.8 Å². The van der Waals surface area contributed by atoms with E-state index in [1.807, 2.05) is 0 Å². The highest BCUT2D eigenvalue weighted by Gasteiger charge is 2.29. The molecule has 3 N–H and O–H groups in total. The number of nitrogens with two attached hydrogens (primary N) is 1. The maximum Gasteiger partial charge on any atom is 0.172 e. The van der Waals surface area contributed by atoms with Gasteiger partial charge in [0.25, 0.3) is 0 Å². The normalized spacial score (nSPS) is 18.4. The minimum atomic E-state index is 0.139. The van der Waals surface area contributed by atoms with Gasteiger partial charge in [-0.05, 0) is 30.2 Å². The molecule has 0 radical (unpaired) electrons. The van der Waals surface area contributed by atoms with E-state index in [9.17, 15) is 0 Å². The molecule has 1 fully saturated rings. The van der Waals surface area contributed by atoms with Crippen LogP contribution in [-0.4, -0.2) is 29.1 Å². The van der Waals surface area contributed by atoms with E-state index in [4.69, 9.17) is 10.9 Å². The third-order valence-corrected chi connectivity index (χ3v) is 4.24. The zero-order valence-corrected chi connectivity index (χ0v) is 12.5. The van der Waals surface area contributed by atoms with Crippen LogP contribution in [0, 0.1) is 11.3 Å². The molecule has 2 rings (SSSR count). The molecule has 1 aromatic heterocycles. The fourth-order valence-electron chi connectivity index (χ4n) is 2.90. The Hall–Kier alpha value is -1.78. The third kappa shape index (κ3) is 3.03. The van der Waals surface area contributed by atoms with Crippen molar-refractivity contribution in [2.45, 2.75) is 33.6 Å². The minimum absolute atomic E-state index is 0.139. The Balaban J connectivity index is 2.15. The molecule has 5 heteroatoms. The summed E-state index contributed by atoms with van der Waals surface area (Å²) in [5, 5.41) is 12.0. The van der Waals surface area contributed by atoms with Crippen molar-refractivity contribution >= 4 is 11.5 Å². The van der Waals surface area contributed by atoms with Crippen LogP contribution in [0.3, 0.4) is 0 Å². The van der Waals surface area contributed by atoms with Crippen LogP contribution < -0.4 is 10.6 Å². The van der Waals surface area contributed by atoms with E-state index in [1.165, 1.54) is 0 Å². The minimum Gasteiger partial charge on any atom is -0.409 e. The fraction of sp³-hybridized carbons (Fsp3) is 0.600. The molecule has 5 nitrogen and oxygen atoms in total. The van der Waals surface area contributed by atoms with Gasteiger partial charge in [-0.2, -0.15) is 0 Å². The summed E-state index contributed by atoms with van der Waals surface area (Å²) in [7, 11) is 0. The number of nitrogens with zero attached hydrogens (tertiary/aromatic N) is 3. The first kappa shape index (κ1) is 14.6. The van der Waals surface area contributed by atoms with E-state index in [0.717, 1.165) is 43.1 Å². The zero-order valence-electron chi connectivity index (χ0n) is 12.5. The van der Waals surface area contributed by atoms with E-state index in [0.29, 0.717) is 5.41 Å².